The molecule has 0 unspecified atom stereocenters. The summed E-state index contributed by atoms with van der Waals surface area (Å²) in [6.45, 7) is 0.604. The number of nitrogens with two attached hydrogens (primary N) is 1. The normalized spacial score (nSPS) is 11.5. The summed E-state index contributed by atoms with van der Waals surface area (Å²) in [7, 11) is 0. The van der Waals surface area contributed by atoms with Crippen molar-refractivity contribution in [1.82, 2.24) is 4.98 Å². The Bertz CT molecular complexity index is 526. The molecule has 0 spiro atoms. The summed E-state index contributed by atoms with van der Waals surface area (Å²) < 4.78 is 6.63. The van der Waals surface area contributed by atoms with Gasteiger partial charge in [-0.25, -0.2) is 4.98 Å². The highest BCUT2D eigenvalue weighted by Gasteiger charge is 2.00. The first-order valence-electron chi connectivity index (χ1n) is 5.52. The second-order valence-corrected chi connectivity index (χ2v) is 5.74. The lowest BCUT2D eigenvalue weighted by molar-refractivity contribution is 0.318. The molecule has 1 aromatic carbocycles. The number of thioether (sulfide) groups is 1. The van der Waals surface area contributed by atoms with Crippen molar-refractivity contribution in [3.05, 3.63) is 41.4 Å². The molecule has 0 atom stereocenters. The largest absolute Gasteiger partial charge is 0.493 e. The van der Waals surface area contributed by atoms with E-state index in [1.165, 1.54) is 0 Å². The third-order valence-corrected chi connectivity index (χ3v) is 4.18. The van der Waals surface area contributed by atoms with Crippen LogP contribution in [0, 0.1) is 0 Å². The standard InChI is InChI=1S/C12H13N3O2S2/c13-11(15-16)9-1-3-10(4-2-9)17-6-8-19-12-14-5-7-18-12/h1-5,7,16H,6,8H2,(H2,13,15). The Kier molecular flexibility index (Phi) is 5.05. The van der Waals surface area contributed by atoms with Crippen molar-refractivity contribution >= 4 is 28.9 Å². The van der Waals surface area contributed by atoms with Gasteiger partial charge in [-0.2, -0.15) is 0 Å². The number of benzene rings is 1. The Morgan fingerprint density at radius 3 is 2.84 bits per heavy atom. The van der Waals surface area contributed by atoms with Crippen LogP contribution in [-0.4, -0.2) is 28.4 Å². The van der Waals surface area contributed by atoms with Crippen molar-refractivity contribution in [2.45, 2.75) is 4.34 Å². The zero-order valence-electron chi connectivity index (χ0n) is 10.0. The molecule has 7 heteroatoms. The Labute approximate surface area is 119 Å². The van der Waals surface area contributed by atoms with Gasteiger partial charge >= 0.3 is 0 Å². The van der Waals surface area contributed by atoms with E-state index >= 15 is 0 Å². The fourth-order valence-electron chi connectivity index (χ4n) is 1.35. The highest BCUT2D eigenvalue weighted by molar-refractivity contribution is 8.01. The summed E-state index contributed by atoms with van der Waals surface area (Å²) in [5.74, 6) is 1.69. The number of amidine groups is 1. The average molecular weight is 295 g/mol. The summed E-state index contributed by atoms with van der Waals surface area (Å²) in [6.07, 6.45) is 1.79. The van der Waals surface area contributed by atoms with Crippen LogP contribution in [0.15, 0.2) is 45.3 Å². The number of hydrogen-bond acceptors (Lipinski definition) is 6. The first-order valence-corrected chi connectivity index (χ1v) is 7.39. The maximum atomic E-state index is 8.55. The predicted octanol–water partition coefficient (Wildman–Crippen LogP) is 2.41. The Morgan fingerprint density at radius 1 is 1.42 bits per heavy atom. The highest BCUT2D eigenvalue weighted by Crippen LogP contribution is 2.20. The van der Waals surface area contributed by atoms with Gasteiger partial charge in [-0.15, -0.1) is 11.3 Å². The van der Waals surface area contributed by atoms with Crippen LogP contribution in [-0.2, 0) is 0 Å². The van der Waals surface area contributed by atoms with Crippen molar-refractivity contribution in [1.29, 1.82) is 0 Å². The van der Waals surface area contributed by atoms with Gasteiger partial charge in [0.25, 0.3) is 0 Å². The zero-order valence-corrected chi connectivity index (χ0v) is 11.7. The van der Waals surface area contributed by atoms with Crippen LogP contribution in [0.25, 0.3) is 0 Å². The van der Waals surface area contributed by atoms with Gasteiger partial charge in [-0.1, -0.05) is 16.9 Å². The molecule has 0 aliphatic rings. The summed E-state index contributed by atoms with van der Waals surface area (Å²) in [6, 6.07) is 7.08. The van der Waals surface area contributed by atoms with Gasteiger partial charge in [0.1, 0.15) is 10.1 Å². The van der Waals surface area contributed by atoms with Crippen molar-refractivity contribution in [2.24, 2.45) is 10.9 Å². The van der Waals surface area contributed by atoms with E-state index in [1.54, 1.807) is 53.6 Å². The Hall–Kier alpha value is -1.73. The molecular formula is C12H13N3O2S2. The summed E-state index contributed by atoms with van der Waals surface area (Å²) in [5.41, 5.74) is 6.13. The van der Waals surface area contributed by atoms with E-state index in [0.717, 1.165) is 15.8 Å². The van der Waals surface area contributed by atoms with Crippen molar-refractivity contribution in [3.63, 3.8) is 0 Å². The third kappa shape index (κ3) is 4.15. The number of oxime groups is 1. The van der Waals surface area contributed by atoms with E-state index in [9.17, 15) is 0 Å². The first-order chi connectivity index (χ1) is 9.29. The molecule has 0 saturated carbocycles. The second-order valence-electron chi connectivity index (χ2n) is 3.50. The van der Waals surface area contributed by atoms with Crippen molar-refractivity contribution in [2.75, 3.05) is 12.4 Å². The average Bonchev–Trinajstić information content (AvgIpc) is 2.96. The topological polar surface area (TPSA) is 80.7 Å². The van der Waals surface area contributed by atoms with Gasteiger partial charge in [-0.05, 0) is 24.3 Å². The van der Waals surface area contributed by atoms with Crippen LogP contribution in [0.2, 0.25) is 0 Å². The van der Waals surface area contributed by atoms with Gasteiger partial charge in [-0.3, -0.25) is 0 Å². The van der Waals surface area contributed by atoms with Crippen LogP contribution in [0.5, 0.6) is 5.75 Å². The molecule has 19 heavy (non-hydrogen) atoms. The van der Waals surface area contributed by atoms with Gasteiger partial charge in [0.05, 0.1) is 6.61 Å². The molecule has 1 aromatic heterocycles. The zero-order chi connectivity index (χ0) is 13.5. The minimum atomic E-state index is 0.0888. The third-order valence-electron chi connectivity index (χ3n) is 2.25. The monoisotopic (exact) mass is 295 g/mol. The fraction of sp³-hybridized carbons (Fsp3) is 0.167. The van der Waals surface area contributed by atoms with Gasteiger partial charge in [0.2, 0.25) is 0 Å². The van der Waals surface area contributed by atoms with Gasteiger partial charge < -0.3 is 15.7 Å². The molecule has 1 heterocycles. The summed E-state index contributed by atoms with van der Waals surface area (Å²) >= 11 is 3.29. The Balaban J connectivity index is 1.77. The summed E-state index contributed by atoms with van der Waals surface area (Å²) in [4.78, 5) is 4.18. The molecule has 0 amide bonds. The van der Waals surface area contributed by atoms with Crippen LogP contribution in [0.1, 0.15) is 5.56 Å². The van der Waals surface area contributed by atoms with E-state index in [0.29, 0.717) is 12.2 Å². The smallest absolute Gasteiger partial charge is 0.170 e. The fourth-order valence-corrected chi connectivity index (χ4v) is 2.88. The lowest BCUT2D eigenvalue weighted by atomic mass is 10.2. The molecule has 5 nitrogen and oxygen atoms in total. The van der Waals surface area contributed by atoms with Gasteiger partial charge in [0.15, 0.2) is 5.84 Å². The second kappa shape index (κ2) is 7.01. The Morgan fingerprint density at radius 2 is 2.21 bits per heavy atom. The minimum Gasteiger partial charge on any atom is -0.493 e. The first kappa shape index (κ1) is 13.7. The van der Waals surface area contributed by atoms with Crippen molar-refractivity contribution in [3.8, 4) is 5.75 Å². The predicted molar refractivity (Wildman–Crippen MR) is 77.3 cm³/mol. The molecule has 0 radical (unpaired) electrons. The molecule has 0 saturated heterocycles. The maximum Gasteiger partial charge on any atom is 0.170 e. The van der Waals surface area contributed by atoms with E-state index < -0.39 is 0 Å². The molecule has 0 aliphatic heterocycles. The van der Waals surface area contributed by atoms with E-state index in [4.69, 9.17) is 15.7 Å². The van der Waals surface area contributed by atoms with E-state index in [-0.39, 0.29) is 5.84 Å². The number of thiazole rings is 1. The number of ether oxygens (including phenoxy) is 1. The highest BCUT2D eigenvalue weighted by atomic mass is 32.2. The SMILES string of the molecule is N/C(=N/O)c1ccc(OCCSc2nccs2)cc1. The van der Waals surface area contributed by atoms with Crippen LogP contribution in [0.3, 0.4) is 0 Å². The molecule has 0 fully saturated rings. The van der Waals surface area contributed by atoms with Crippen molar-refractivity contribution < 1.29 is 9.94 Å². The van der Waals surface area contributed by atoms with E-state index in [2.05, 4.69) is 10.1 Å². The molecule has 3 N–H and O–H groups in total. The number of hydrogen-bond donors (Lipinski definition) is 2. The molecule has 0 aliphatic carbocycles. The van der Waals surface area contributed by atoms with E-state index in [1.807, 2.05) is 5.38 Å². The maximum absolute atomic E-state index is 8.55. The van der Waals surface area contributed by atoms with Crippen LogP contribution < -0.4 is 10.5 Å². The summed E-state index contributed by atoms with van der Waals surface area (Å²) in [5, 5.41) is 13.4. The lowest BCUT2D eigenvalue weighted by Gasteiger charge is -2.06. The van der Waals surface area contributed by atoms with Crippen LogP contribution >= 0.6 is 23.1 Å². The number of rotatable bonds is 6. The lowest BCUT2D eigenvalue weighted by Crippen LogP contribution is -2.12. The minimum absolute atomic E-state index is 0.0888. The van der Waals surface area contributed by atoms with Gasteiger partial charge in [0, 0.05) is 22.9 Å². The molecular weight excluding hydrogens is 282 g/mol. The molecule has 2 aromatic rings. The molecule has 100 valence electrons. The molecule has 0 bridgehead atoms. The number of aromatic nitrogens is 1. The number of nitrogens with zero attached hydrogens (tertiary/aromatic N) is 2. The van der Waals surface area contributed by atoms with Crippen LogP contribution in [0.4, 0.5) is 0 Å². The quantitative estimate of drug-likeness (QED) is 0.214. The molecule has 2 rings (SSSR count).